The van der Waals surface area contributed by atoms with Crippen LogP contribution in [-0.2, 0) is 57.4 Å². The van der Waals surface area contributed by atoms with Crippen molar-refractivity contribution in [1.82, 2.24) is 4.90 Å². The number of fused-ring (bicyclic) bond motifs is 3. The normalized spacial score (nSPS) is 19.3. The maximum atomic E-state index is 14.7. The van der Waals surface area contributed by atoms with E-state index in [0.717, 1.165) is 16.7 Å². The third kappa shape index (κ3) is 9.83. The summed E-state index contributed by atoms with van der Waals surface area (Å²) in [5.41, 5.74) is 1.53. The van der Waals surface area contributed by atoms with Gasteiger partial charge in [-0.25, -0.2) is 0 Å². The van der Waals surface area contributed by atoms with Crippen molar-refractivity contribution in [3.8, 4) is 0 Å². The molecule has 0 bridgehead atoms. The summed E-state index contributed by atoms with van der Waals surface area (Å²) < 4.78 is 37.1. The number of ether oxygens (including phenoxy) is 4. The van der Waals surface area contributed by atoms with E-state index in [4.69, 9.17) is 27.8 Å². The molecule has 1 aliphatic carbocycles. The second kappa shape index (κ2) is 21.1. The number of nitrogens with zero attached hydrogens (tertiary/aromatic N) is 1. The zero-order chi connectivity index (χ0) is 45.2. The maximum absolute atomic E-state index is 14.7. The molecule has 11 heteroatoms. The van der Waals surface area contributed by atoms with Crippen molar-refractivity contribution in [3.63, 3.8) is 0 Å². The Kier molecular flexibility index (Phi) is 15.4. The predicted octanol–water partition coefficient (Wildman–Crippen LogP) is 8.85. The number of rotatable bonds is 21. The first-order valence-electron chi connectivity index (χ1n) is 22.6. The second-order valence-corrected chi connectivity index (χ2v) is 22.4. The lowest BCUT2D eigenvalue weighted by atomic mass is 9.70. The SMILES string of the molecule is COC(=O)C[C@@H]1c2cc(CCCO[Si](c3ccccc3)(c3ccccc3)C(C)(C)C)oc2[C@H]2N(C(=O)CCCCOCc3ccccc3)[C@H](COCc3ccccc3)C[C@]12C(=O)OC. The van der Waals surface area contributed by atoms with Gasteiger partial charge in [-0.2, -0.15) is 0 Å². The van der Waals surface area contributed by atoms with E-state index in [-0.39, 0.29) is 36.8 Å². The van der Waals surface area contributed by atoms with Crippen LogP contribution in [-0.4, -0.2) is 71.1 Å². The quantitative estimate of drug-likeness (QED) is 0.0405. The molecule has 10 nitrogen and oxygen atoms in total. The zero-order valence-corrected chi connectivity index (χ0v) is 39.0. The van der Waals surface area contributed by atoms with Crippen LogP contribution in [0.5, 0.6) is 0 Å². The highest BCUT2D eigenvalue weighted by molar-refractivity contribution is 6.99. The number of hydrogen-bond donors (Lipinski definition) is 0. The Morgan fingerprint density at radius 2 is 1.31 bits per heavy atom. The molecule has 7 rings (SSSR count). The van der Waals surface area contributed by atoms with Crippen LogP contribution in [0.2, 0.25) is 5.04 Å². The van der Waals surface area contributed by atoms with Gasteiger partial charge in [0.25, 0.3) is 8.32 Å². The molecule has 0 N–H and O–H groups in total. The average molecular weight is 886 g/mol. The molecular formula is C53H63NO9Si. The van der Waals surface area contributed by atoms with E-state index in [9.17, 15) is 14.4 Å². The number of carbonyl (C=O) groups excluding carboxylic acids is 3. The van der Waals surface area contributed by atoms with Crippen LogP contribution in [0.25, 0.3) is 0 Å². The summed E-state index contributed by atoms with van der Waals surface area (Å²) in [5, 5.41) is 2.25. The van der Waals surface area contributed by atoms with Crippen LogP contribution in [0.15, 0.2) is 132 Å². The van der Waals surface area contributed by atoms with Crippen molar-refractivity contribution in [1.29, 1.82) is 0 Å². The van der Waals surface area contributed by atoms with E-state index in [0.29, 0.717) is 63.6 Å². The third-order valence-corrected chi connectivity index (χ3v) is 18.1. The highest BCUT2D eigenvalue weighted by atomic mass is 28.4. The van der Waals surface area contributed by atoms with Gasteiger partial charge in [-0.3, -0.25) is 14.4 Å². The summed E-state index contributed by atoms with van der Waals surface area (Å²) in [7, 11) is -0.0500. The number of likely N-dealkylation sites (tertiary alicyclic amines) is 1. The first-order valence-corrected chi connectivity index (χ1v) is 24.5. The van der Waals surface area contributed by atoms with Crippen LogP contribution < -0.4 is 10.4 Å². The topological polar surface area (TPSA) is 114 Å². The molecule has 1 aromatic heterocycles. The molecule has 2 aliphatic rings. The molecule has 4 atom stereocenters. The second-order valence-electron chi connectivity index (χ2n) is 18.1. The maximum Gasteiger partial charge on any atom is 0.315 e. The molecule has 1 aliphatic heterocycles. The van der Waals surface area contributed by atoms with Gasteiger partial charge < -0.3 is 32.7 Å². The minimum absolute atomic E-state index is 0.0799. The minimum Gasteiger partial charge on any atom is -0.469 e. The van der Waals surface area contributed by atoms with E-state index in [1.807, 2.05) is 83.8 Å². The standard InChI is InChI=1S/C53H63NO9Si/c1-52(2,3)64(43-26-14-8-15-27-43,44-28-16-9-17-29-44)62-32-20-25-42-33-45-46(34-48(56)58-4)53(51(57)59-5)35-41(38-61-37-40-23-12-7-13-24-40)54(50(53)49(45)63-42)47(55)30-18-19-31-60-36-39-21-10-6-11-22-39/h6-17,21-24,26-29,33,41,46,50H,18-20,25,30-32,34-38H2,1-5H3/t41-,46+,50+,53-/m0/s1. The summed E-state index contributed by atoms with van der Waals surface area (Å²) in [6.07, 6.45) is 2.88. The third-order valence-electron chi connectivity index (χ3n) is 13.0. The molecule has 4 aromatic carbocycles. The lowest BCUT2D eigenvalue weighted by molar-refractivity contribution is -0.157. The van der Waals surface area contributed by atoms with E-state index in [1.54, 1.807) is 0 Å². The fourth-order valence-electron chi connectivity index (χ4n) is 10.2. The molecule has 0 unspecified atom stereocenters. The Hall–Kier alpha value is -5.33. The molecule has 0 saturated carbocycles. The van der Waals surface area contributed by atoms with Gasteiger partial charge in [0.05, 0.1) is 46.5 Å². The van der Waals surface area contributed by atoms with Crippen LogP contribution in [0.4, 0.5) is 0 Å². The van der Waals surface area contributed by atoms with Gasteiger partial charge in [0.2, 0.25) is 5.91 Å². The molecule has 2 heterocycles. The first-order chi connectivity index (χ1) is 31.0. The van der Waals surface area contributed by atoms with Crippen LogP contribution >= 0.6 is 0 Å². The lowest BCUT2D eigenvalue weighted by Crippen LogP contribution is -2.66. The molecule has 338 valence electrons. The van der Waals surface area contributed by atoms with E-state index < -0.39 is 43.7 Å². The Bertz CT molecular complexity index is 2240. The lowest BCUT2D eigenvalue weighted by Gasteiger charge is -2.43. The number of esters is 2. The van der Waals surface area contributed by atoms with Crippen molar-refractivity contribution in [2.75, 3.05) is 34.0 Å². The highest BCUT2D eigenvalue weighted by Gasteiger charge is 2.69. The first kappa shape index (κ1) is 46.7. The number of furan rings is 1. The number of benzene rings is 4. The van der Waals surface area contributed by atoms with E-state index in [1.165, 1.54) is 24.6 Å². The van der Waals surface area contributed by atoms with Crippen molar-refractivity contribution in [2.24, 2.45) is 5.41 Å². The van der Waals surface area contributed by atoms with Gasteiger partial charge in [-0.05, 0) is 58.3 Å². The number of carbonyl (C=O) groups is 3. The number of hydrogen-bond acceptors (Lipinski definition) is 9. The van der Waals surface area contributed by atoms with Gasteiger partial charge in [0.15, 0.2) is 0 Å². The molecule has 0 radical (unpaired) electrons. The molecule has 0 spiro atoms. The van der Waals surface area contributed by atoms with Gasteiger partial charge >= 0.3 is 11.9 Å². The van der Waals surface area contributed by atoms with Gasteiger partial charge in [-0.15, -0.1) is 0 Å². The average Bonchev–Trinajstić information content (AvgIpc) is 3.95. The fraction of sp³-hybridized carbons (Fsp3) is 0.415. The van der Waals surface area contributed by atoms with Crippen LogP contribution in [0.3, 0.4) is 0 Å². The summed E-state index contributed by atoms with van der Waals surface area (Å²) >= 11 is 0. The summed E-state index contributed by atoms with van der Waals surface area (Å²) in [6, 6.07) is 41.7. The molecule has 1 fully saturated rings. The molecule has 1 saturated heterocycles. The highest BCUT2D eigenvalue weighted by Crippen LogP contribution is 2.66. The number of amides is 1. The Labute approximate surface area is 379 Å². The molecule has 5 aromatic rings. The molecule has 64 heavy (non-hydrogen) atoms. The summed E-state index contributed by atoms with van der Waals surface area (Å²) in [4.78, 5) is 44.2. The van der Waals surface area contributed by atoms with Crippen LogP contribution in [0.1, 0.15) is 99.5 Å². The van der Waals surface area contributed by atoms with E-state index >= 15 is 0 Å². The van der Waals surface area contributed by atoms with E-state index in [2.05, 4.69) is 69.3 Å². The van der Waals surface area contributed by atoms with Gasteiger partial charge in [0, 0.05) is 37.5 Å². The number of methoxy groups -OCH3 is 2. The zero-order valence-electron chi connectivity index (χ0n) is 38.0. The molecule has 1 amide bonds. The fourth-order valence-corrected chi connectivity index (χ4v) is 14.8. The smallest absolute Gasteiger partial charge is 0.315 e. The Balaban J connectivity index is 1.15. The van der Waals surface area contributed by atoms with Gasteiger partial charge in [0.1, 0.15) is 23.0 Å². The Morgan fingerprint density at radius 3 is 1.88 bits per heavy atom. The molecular weight excluding hydrogens is 823 g/mol. The largest absolute Gasteiger partial charge is 0.469 e. The summed E-state index contributed by atoms with van der Waals surface area (Å²) in [6.45, 7) is 8.81. The van der Waals surface area contributed by atoms with Crippen molar-refractivity contribution in [2.45, 2.75) is 102 Å². The van der Waals surface area contributed by atoms with Gasteiger partial charge in [-0.1, -0.05) is 142 Å². The predicted molar refractivity (Wildman–Crippen MR) is 248 cm³/mol. The number of unbranched alkanes of at least 4 members (excludes halogenated alkanes) is 1. The number of aryl methyl sites for hydroxylation is 1. The summed E-state index contributed by atoms with van der Waals surface area (Å²) in [5.74, 6) is -0.495. The Morgan fingerprint density at radius 1 is 0.734 bits per heavy atom. The minimum atomic E-state index is -2.76. The monoisotopic (exact) mass is 885 g/mol. The van der Waals surface area contributed by atoms with Crippen molar-refractivity contribution < 1.29 is 42.2 Å². The van der Waals surface area contributed by atoms with Crippen LogP contribution in [0, 0.1) is 5.41 Å². The van der Waals surface area contributed by atoms with Crippen molar-refractivity contribution in [3.05, 3.63) is 156 Å². The van der Waals surface area contributed by atoms with Crippen molar-refractivity contribution >= 4 is 36.5 Å².